The zero-order valence-corrected chi connectivity index (χ0v) is 10.0. The number of thioether (sulfide) groups is 1. The van der Waals surface area contributed by atoms with Gasteiger partial charge in [0.1, 0.15) is 0 Å². The minimum atomic E-state index is 0.310. The average molecular weight is 243 g/mol. The summed E-state index contributed by atoms with van der Waals surface area (Å²) in [6, 6.07) is 5.96. The van der Waals surface area contributed by atoms with Gasteiger partial charge >= 0.3 is 0 Å². The first kappa shape index (κ1) is 11.1. The van der Waals surface area contributed by atoms with E-state index in [2.05, 4.69) is 0 Å². The van der Waals surface area contributed by atoms with Crippen molar-refractivity contribution in [1.29, 1.82) is 0 Å². The van der Waals surface area contributed by atoms with Gasteiger partial charge in [0.05, 0.1) is 0 Å². The van der Waals surface area contributed by atoms with Crippen molar-refractivity contribution in [2.45, 2.75) is 35.4 Å². The first-order valence-corrected chi connectivity index (χ1v) is 6.40. The Morgan fingerprint density at radius 1 is 1.33 bits per heavy atom. The maximum Gasteiger partial charge on any atom is 0.0467 e. The number of anilines is 1. The zero-order chi connectivity index (χ0) is 10.8. The van der Waals surface area contributed by atoms with Gasteiger partial charge in [-0.2, -0.15) is 0 Å². The Labute approximate surface area is 99.4 Å². The van der Waals surface area contributed by atoms with E-state index in [9.17, 15) is 0 Å². The third kappa shape index (κ3) is 2.60. The van der Waals surface area contributed by atoms with Crippen LogP contribution in [-0.2, 0) is 0 Å². The Morgan fingerprint density at radius 3 is 2.73 bits per heavy atom. The fourth-order valence-corrected chi connectivity index (χ4v) is 3.33. The molecule has 15 heavy (non-hydrogen) atoms. The molecule has 1 aliphatic rings. The van der Waals surface area contributed by atoms with E-state index in [0.29, 0.717) is 16.3 Å². The van der Waals surface area contributed by atoms with Gasteiger partial charge in [0.25, 0.3) is 0 Å². The Balaban J connectivity index is 2.10. The van der Waals surface area contributed by atoms with Gasteiger partial charge in [0.15, 0.2) is 0 Å². The van der Waals surface area contributed by atoms with Gasteiger partial charge in [0.2, 0.25) is 0 Å². The van der Waals surface area contributed by atoms with E-state index in [4.69, 9.17) is 23.1 Å². The van der Waals surface area contributed by atoms with Gasteiger partial charge in [0, 0.05) is 26.9 Å². The van der Waals surface area contributed by atoms with Gasteiger partial charge in [-0.05, 0) is 31.0 Å². The number of benzene rings is 1. The molecule has 82 valence electrons. The summed E-state index contributed by atoms with van der Waals surface area (Å²) < 4.78 is 0. The predicted octanol–water partition coefficient (Wildman–Crippen LogP) is 2.89. The van der Waals surface area contributed by atoms with Crippen LogP contribution in [0.15, 0.2) is 23.1 Å². The number of nitrogens with two attached hydrogens (primary N) is 2. The maximum absolute atomic E-state index is 6.02. The molecule has 1 aromatic carbocycles. The molecular weight excluding hydrogens is 228 g/mol. The first-order valence-electron chi connectivity index (χ1n) is 5.14. The summed E-state index contributed by atoms with van der Waals surface area (Å²) in [5.74, 6) is 0. The van der Waals surface area contributed by atoms with Crippen molar-refractivity contribution in [2.24, 2.45) is 5.73 Å². The number of hydrogen-bond donors (Lipinski definition) is 2. The van der Waals surface area contributed by atoms with Gasteiger partial charge in [-0.1, -0.05) is 18.0 Å². The molecule has 4 N–H and O–H groups in total. The highest BCUT2D eigenvalue weighted by Gasteiger charge is 2.25. The molecule has 1 fully saturated rings. The number of rotatable bonds is 2. The summed E-state index contributed by atoms with van der Waals surface area (Å²) in [5.41, 5.74) is 12.7. The smallest absolute Gasteiger partial charge is 0.0467 e. The number of hydrogen-bond acceptors (Lipinski definition) is 3. The van der Waals surface area contributed by atoms with Crippen molar-refractivity contribution >= 4 is 29.1 Å². The van der Waals surface area contributed by atoms with Crippen LogP contribution in [0.3, 0.4) is 0 Å². The Hall–Kier alpha value is -0.380. The normalized spacial score (nSPS) is 25.7. The van der Waals surface area contributed by atoms with Crippen molar-refractivity contribution in [3.05, 3.63) is 23.2 Å². The molecule has 0 aliphatic heterocycles. The van der Waals surface area contributed by atoms with E-state index < -0.39 is 0 Å². The topological polar surface area (TPSA) is 52.0 Å². The van der Waals surface area contributed by atoms with Crippen LogP contribution < -0.4 is 11.5 Å². The van der Waals surface area contributed by atoms with E-state index in [1.54, 1.807) is 17.8 Å². The molecule has 0 spiro atoms. The fraction of sp³-hybridized carbons (Fsp3) is 0.455. The van der Waals surface area contributed by atoms with E-state index >= 15 is 0 Å². The fourth-order valence-electron chi connectivity index (χ4n) is 1.89. The van der Waals surface area contributed by atoms with Crippen LogP contribution in [0.2, 0.25) is 5.02 Å². The molecule has 1 saturated carbocycles. The van der Waals surface area contributed by atoms with Crippen LogP contribution in [0.5, 0.6) is 0 Å². The quantitative estimate of drug-likeness (QED) is 0.785. The maximum atomic E-state index is 6.02. The molecule has 2 unspecified atom stereocenters. The summed E-state index contributed by atoms with van der Waals surface area (Å²) in [7, 11) is 0. The zero-order valence-electron chi connectivity index (χ0n) is 8.45. The highest BCUT2D eigenvalue weighted by Crippen LogP contribution is 2.37. The molecule has 2 nitrogen and oxygen atoms in total. The van der Waals surface area contributed by atoms with Gasteiger partial charge in [-0.25, -0.2) is 0 Å². The molecule has 2 atom stereocenters. The van der Waals surface area contributed by atoms with Crippen LogP contribution in [-0.4, -0.2) is 11.3 Å². The standard InChI is InChI=1S/C11H15ClN2S/c12-7-4-5-11(9(14)6-7)15-10-3-1-2-8(10)13/h4-6,8,10H,1-3,13-14H2. The highest BCUT2D eigenvalue weighted by atomic mass is 35.5. The van der Waals surface area contributed by atoms with E-state index in [1.807, 2.05) is 12.1 Å². The minimum Gasteiger partial charge on any atom is -0.398 e. The summed E-state index contributed by atoms with van der Waals surface area (Å²) in [6.45, 7) is 0. The van der Waals surface area contributed by atoms with Gasteiger partial charge in [-0.3, -0.25) is 0 Å². The summed E-state index contributed by atoms with van der Waals surface area (Å²) >= 11 is 7.63. The number of halogens is 1. The van der Waals surface area contributed by atoms with Gasteiger partial charge < -0.3 is 11.5 Å². The first-order chi connectivity index (χ1) is 7.16. The lowest BCUT2D eigenvalue weighted by Gasteiger charge is -2.15. The highest BCUT2D eigenvalue weighted by molar-refractivity contribution is 8.00. The molecule has 1 aliphatic carbocycles. The van der Waals surface area contributed by atoms with Crippen molar-refractivity contribution in [1.82, 2.24) is 0 Å². The summed E-state index contributed by atoms with van der Waals surface area (Å²) in [5, 5.41) is 1.20. The third-order valence-electron chi connectivity index (χ3n) is 2.75. The SMILES string of the molecule is Nc1cc(Cl)ccc1SC1CCCC1N. The molecule has 2 rings (SSSR count). The van der Waals surface area contributed by atoms with Gasteiger partial charge in [-0.15, -0.1) is 11.8 Å². The minimum absolute atomic E-state index is 0.310. The molecule has 4 heteroatoms. The second-order valence-electron chi connectivity index (χ2n) is 3.93. The molecular formula is C11H15ClN2S. The largest absolute Gasteiger partial charge is 0.398 e. The molecule has 0 aromatic heterocycles. The molecule has 0 saturated heterocycles. The Kier molecular flexibility index (Phi) is 3.44. The second-order valence-corrected chi connectivity index (χ2v) is 5.65. The Morgan fingerprint density at radius 2 is 2.13 bits per heavy atom. The van der Waals surface area contributed by atoms with Crippen LogP contribution in [0, 0.1) is 0 Å². The van der Waals surface area contributed by atoms with Crippen molar-refractivity contribution < 1.29 is 0 Å². The molecule has 1 aromatic rings. The van der Waals surface area contributed by atoms with Crippen LogP contribution >= 0.6 is 23.4 Å². The third-order valence-corrected chi connectivity index (χ3v) is 4.50. The monoisotopic (exact) mass is 242 g/mol. The lowest BCUT2D eigenvalue weighted by molar-refractivity contribution is 0.716. The molecule has 0 amide bonds. The lowest BCUT2D eigenvalue weighted by Crippen LogP contribution is -2.26. The van der Waals surface area contributed by atoms with Crippen LogP contribution in [0.25, 0.3) is 0 Å². The van der Waals surface area contributed by atoms with Crippen molar-refractivity contribution in [3.8, 4) is 0 Å². The summed E-state index contributed by atoms with van der Waals surface area (Å²) in [4.78, 5) is 1.10. The summed E-state index contributed by atoms with van der Waals surface area (Å²) in [6.07, 6.45) is 3.55. The number of nitrogen functional groups attached to an aromatic ring is 1. The van der Waals surface area contributed by atoms with E-state index in [-0.39, 0.29) is 0 Å². The predicted molar refractivity (Wildman–Crippen MR) is 67.3 cm³/mol. The average Bonchev–Trinajstić information content (AvgIpc) is 2.57. The molecule has 0 bridgehead atoms. The van der Waals surface area contributed by atoms with E-state index in [0.717, 1.165) is 17.0 Å². The molecule has 0 radical (unpaired) electrons. The van der Waals surface area contributed by atoms with E-state index in [1.165, 1.54) is 12.8 Å². The van der Waals surface area contributed by atoms with Crippen molar-refractivity contribution in [2.75, 3.05) is 5.73 Å². The van der Waals surface area contributed by atoms with Crippen LogP contribution in [0.1, 0.15) is 19.3 Å². The molecule has 0 heterocycles. The van der Waals surface area contributed by atoms with Crippen LogP contribution in [0.4, 0.5) is 5.69 Å². The Bertz CT molecular complexity index is 356. The lowest BCUT2D eigenvalue weighted by atomic mass is 10.3. The van der Waals surface area contributed by atoms with Crippen molar-refractivity contribution in [3.63, 3.8) is 0 Å². The second kappa shape index (κ2) is 4.64.